The quantitative estimate of drug-likeness (QED) is 0.492. The average Bonchev–Trinajstić information content (AvgIpc) is 2.82. The van der Waals surface area contributed by atoms with Gasteiger partial charge in [-0.25, -0.2) is 4.79 Å². The van der Waals surface area contributed by atoms with Crippen LogP contribution in [0.2, 0.25) is 0 Å². The smallest absolute Gasteiger partial charge is 0.338 e. The van der Waals surface area contributed by atoms with E-state index in [2.05, 4.69) is 0 Å². The fourth-order valence-corrected chi connectivity index (χ4v) is 1.59. The molecule has 14 heavy (non-hydrogen) atoms. The van der Waals surface area contributed by atoms with Gasteiger partial charge < -0.3 is 14.2 Å². The maximum Gasteiger partial charge on any atom is 0.338 e. The van der Waals surface area contributed by atoms with Crippen LogP contribution in [0.3, 0.4) is 0 Å². The molecule has 0 aromatic carbocycles. The number of hydrogen-bond donors (Lipinski definition) is 0. The highest BCUT2D eigenvalue weighted by Gasteiger charge is 2.63. The summed E-state index contributed by atoms with van der Waals surface area (Å²) in [4.78, 5) is 11.4. The Labute approximate surface area is 84.5 Å². The van der Waals surface area contributed by atoms with Gasteiger partial charge in [-0.3, -0.25) is 0 Å². The standard InChI is InChI=1S/C10H18O4/c1-5-13-9(11)8-10(14-8,6-12-4)7(2)3/h7-8H,5-6H2,1-4H3. The summed E-state index contributed by atoms with van der Waals surface area (Å²) in [5.41, 5.74) is -0.457. The zero-order chi connectivity index (χ0) is 10.8. The molecular weight excluding hydrogens is 184 g/mol. The molecule has 0 spiro atoms. The summed E-state index contributed by atoms with van der Waals surface area (Å²) in [6, 6.07) is 0. The summed E-state index contributed by atoms with van der Waals surface area (Å²) >= 11 is 0. The predicted octanol–water partition coefficient (Wildman–Crippen LogP) is 0.989. The molecule has 0 aromatic rings. The molecule has 1 saturated heterocycles. The van der Waals surface area contributed by atoms with E-state index in [0.717, 1.165) is 0 Å². The first-order chi connectivity index (χ1) is 6.58. The summed E-state index contributed by atoms with van der Waals surface area (Å²) in [5, 5.41) is 0. The van der Waals surface area contributed by atoms with Crippen LogP contribution in [-0.2, 0) is 19.0 Å². The van der Waals surface area contributed by atoms with E-state index in [0.29, 0.717) is 13.2 Å². The zero-order valence-electron chi connectivity index (χ0n) is 9.20. The van der Waals surface area contributed by atoms with Gasteiger partial charge >= 0.3 is 5.97 Å². The van der Waals surface area contributed by atoms with Crippen molar-refractivity contribution in [2.24, 2.45) is 5.92 Å². The molecule has 0 N–H and O–H groups in total. The molecule has 4 nitrogen and oxygen atoms in total. The van der Waals surface area contributed by atoms with E-state index in [4.69, 9.17) is 14.2 Å². The Balaban J connectivity index is 2.56. The molecular formula is C10H18O4. The fraction of sp³-hybridized carbons (Fsp3) is 0.900. The number of carbonyl (C=O) groups is 1. The molecule has 0 bridgehead atoms. The van der Waals surface area contributed by atoms with Gasteiger partial charge in [0, 0.05) is 7.11 Å². The normalized spacial score (nSPS) is 30.5. The number of rotatable bonds is 5. The highest BCUT2D eigenvalue weighted by molar-refractivity contribution is 5.79. The Morgan fingerprint density at radius 2 is 2.21 bits per heavy atom. The van der Waals surface area contributed by atoms with Crippen LogP contribution in [0.15, 0.2) is 0 Å². The van der Waals surface area contributed by atoms with E-state index in [1.807, 2.05) is 13.8 Å². The van der Waals surface area contributed by atoms with Crippen molar-refractivity contribution in [3.8, 4) is 0 Å². The Morgan fingerprint density at radius 1 is 1.57 bits per heavy atom. The van der Waals surface area contributed by atoms with Crippen molar-refractivity contribution in [2.75, 3.05) is 20.3 Å². The van der Waals surface area contributed by atoms with Crippen LogP contribution in [-0.4, -0.2) is 38.0 Å². The van der Waals surface area contributed by atoms with Gasteiger partial charge in [0.1, 0.15) is 5.60 Å². The molecule has 0 aromatic heterocycles. The molecule has 82 valence electrons. The minimum atomic E-state index is -0.457. The summed E-state index contributed by atoms with van der Waals surface area (Å²) in [5.74, 6) is -0.0323. The number of methoxy groups -OCH3 is 1. The molecule has 0 amide bonds. The summed E-state index contributed by atoms with van der Waals surface area (Å²) < 4.78 is 15.4. The van der Waals surface area contributed by atoms with Gasteiger partial charge in [0.15, 0.2) is 6.10 Å². The summed E-state index contributed by atoms with van der Waals surface area (Å²) in [6.45, 7) is 6.64. The lowest BCUT2D eigenvalue weighted by Gasteiger charge is -2.15. The van der Waals surface area contributed by atoms with Gasteiger partial charge in [0.05, 0.1) is 13.2 Å². The van der Waals surface area contributed by atoms with Crippen molar-refractivity contribution >= 4 is 5.97 Å². The zero-order valence-corrected chi connectivity index (χ0v) is 9.20. The predicted molar refractivity (Wildman–Crippen MR) is 51.0 cm³/mol. The summed E-state index contributed by atoms with van der Waals surface area (Å²) in [6.07, 6.45) is -0.442. The highest BCUT2D eigenvalue weighted by Crippen LogP contribution is 2.43. The fourth-order valence-electron chi connectivity index (χ4n) is 1.59. The van der Waals surface area contributed by atoms with Crippen LogP contribution in [0.4, 0.5) is 0 Å². The second kappa shape index (κ2) is 4.28. The number of hydrogen-bond acceptors (Lipinski definition) is 4. The third-order valence-electron chi connectivity index (χ3n) is 2.57. The van der Waals surface area contributed by atoms with Gasteiger partial charge in [0.25, 0.3) is 0 Å². The molecule has 0 saturated carbocycles. The Morgan fingerprint density at radius 3 is 2.64 bits per heavy atom. The molecule has 1 aliphatic heterocycles. The number of carbonyl (C=O) groups excluding carboxylic acids is 1. The van der Waals surface area contributed by atoms with Crippen LogP contribution in [0.25, 0.3) is 0 Å². The van der Waals surface area contributed by atoms with E-state index >= 15 is 0 Å². The third-order valence-corrected chi connectivity index (χ3v) is 2.57. The number of esters is 1. The minimum absolute atomic E-state index is 0.247. The molecule has 0 radical (unpaired) electrons. The monoisotopic (exact) mass is 202 g/mol. The van der Waals surface area contributed by atoms with Crippen LogP contribution in [0.1, 0.15) is 20.8 Å². The van der Waals surface area contributed by atoms with Crippen molar-refractivity contribution in [1.29, 1.82) is 0 Å². The molecule has 2 atom stereocenters. The molecule has 1 rings (SSSR count). The Kier molecular flexibility index (Phi) is 3.50. The second-order valence-corrected chi connectivity index (χ2v) is 3.79. The average molecular weight is 202 g/mol. The second-order valence-electron chi connectivity index (χ2n) is 3.79. The van der Waals surface area contributed by atoms with Gasteiger partial charge in [0.2, 0.25) is 0 Å². The maximum absolute atomic E-state index is 11.4. The van der Waals surface area contributed by atoms with Crippen molar-refractivity contribution in [3.05, 3.63) is 0 Å². The van der Waals surface area contributed by atoms with E-state index in [1.165, 1.54) is 0 Å². The van der Waals surface area contributed by atoms with Gasteiger partial charge in [-0.05, 0) is 12.8 Å². The molecule has 0 aliphatic carbocycles. The third kappa shape index (κ3) is 1.91. The highest BCUT2D eigenvalue weighted by atomic mass is 16.7. The van der Waals surface area contributed by atoms with Gasteiger partial charge in [-0.1, -0.05) is 13.8 Å². The minimum Gasteiger partial charge on any atom is -0.464 e. The molecule has 1 aliphatic rings. The topological polar surface area (TPSA) is 48.1 Å². The van der Waals surface area contributed by atoms with Crippen LogP contribution in [0.5, 0.6) is 0 Å². The Hall–Kier alpha value is -0.610. The van der Waals surface area contributed by atoms with E-state index < -0.39 is 11.7 Å². The Bertz CT molecular complexity index is 214. The number of ether oxygens (including phenoxy) is 3. The van der Waals surface area contributed by atoms with Crippen molar-refractivity contribution in [3.63, 3.8) is 0 Å². The van der Waals surface area contributed by atoms with Crippen molar-refractivity contribution < 1.29 is 19.0 Å². The molecule has 4 heteroatoms. The summed E-state index contributed by atoms with van der Waals surface area (Å²) in [7, 11) is 1.61. The number of epoxide rings is 1. The SMILES string of the molecule is CCOC(=O)C1OC1(COC)C(C)C. The first-order valence-electron chi connectivity index (χ1n) is 4.92. The van der Waals surface area contributed by atoms with Gasteiger partial charge in [-0.15, -0.1) is 0 Å². The first kappa shape index (κ1) is 11.5. The van der Waals surface area contributed by atoms with Crippen LogP contribution < -0.4 is 0 Å². The van der Waals surface area contributed by atoms with Crippen molar-refractivity contribution in [1.82, 2.24) is 0 Å². The largest absolute Gasteiger partial charge is 0.464 e. The molecule has 1 fully saturated rings. The lowest BCUT2D eigenvalue weighted by molar-refractivity contribution is -0.144. The van der Waals surface area contributed by atoms with Crippen molar-refractivity contribution in [2.45, 2.75) is 32.5 Å². The van der Waals surface area contributed by atoms with Crippen LogP contribution >= 0.6 is 0 Å². The lowest BCUT2D eigenvalue weighted by Crippen LogP contribution is -2.32. The lowest BCUT2D eigenvalue weighted by atomic mass is 9.93. The first-order valence-corrected chi connectivity index (χ1v) is 4.92. The van der Waals surface area contributed by atoms with E-state index in [9.17, 15) is 4.79 Å². The maximum atomic E-state index is 11.4. The van der Waals surface area contributed by atoms with E-state index in [-0.39, 0.29) is 11.9 Å². The van der Waals surface area contributed by atoms with Gasteiger partial charge in [-0.2, -0.15) is 0 Å². The molecule has 2 unspecified atom stereocenters. The van der Waals surface area contributed by atoms with E-state index in [1.54, 1.807) is 14.0 Å². The molecule has 1 heterocycles. The van der Waals surface area contributed by atoms with Crippen LogP contribution in [0, 0.1) is 5.92 Å².